The average molecular weight is 284 g/mol. The third kappa shape index (κ3) is 8.41. The fraction of sp³-hybridized carbons (Fsp3) is 0.818. The molecule has 0 saturated carbocycles. The molecule has 1 amide bonds. The fourth-order valence-corrected chi connectivity index (χ4v) is 1.45. The summed E-state index contributed by atoms with van der Waals surface area (Å²) in [6.45, 7) is 3.31. The van der Waals surface area contributed by atoms with Crippen LogP contribution in [0.3, 0.4) is 0 Å². The molecule has 0 saturated heterocycles. The first kappa shape index (κ1) is 17.7. The van der Waals surface area contributed by atoms with Crippen molar-refractivity contribution in [3.8, 4) is 0 Å². The Labute approximate surface area is 109 Å². The molecule has 0 fully saturated rings. The van der Waals surface area contributed by atoms with Crippen LogP contribution in [-0.2, 0) is 9.59 Å². The second-order valence-corrected chi connectivity index (χ2v) is 5.08. The second-order valence-electron chi connectivity index (χ2n) is 5.08. The zero-order valence-electron chi connectivity index (χ0n) is 11.2. The Hall–Kier alpha value is -1.31. The molecule has 0 aromatic carbocycles. The number of alkyl halides is 3. The van der Waals surface area contributed by atoms with Gasteiger partial charge in [-0.15, -0.1) is 0 Å². The summed E-state index contributed by atoms with van der Waals surface area (Å²) in [5.74, 6) is -1.62. The summed E-state index contributed by atoms with van der Waals surface area (Å²) in [5.41, 5.74) is -0.646. The lowest BCUT2D eigenvalue weighted by Crippen LogP contribution is -2.50. The van der Waals surface area contributed by atoms with Crippen LogP contribution in [0.2, 0.25) is 0 Å². The molecule has 0 unspecified atom stereocenters. The number of carbonyl (C=O) groups excluding carboxylic acids is 1. The number of carboxylic acid groups (broad SMARTS) is 1. The first-order valence-electron chi connectivity index (χ1n) is 5.73. The van der Waals surface area contributed by atoms with E-state index in [2.05, 4.69) is 0 Å². The number of hydrogen-bond donors (Lipinski definition) is 2. The molecule has 0 aliphatic carbocycles. The number of rotatable bonds is 6. The maximum atomic E-state index is 11.9. The van der Waals surface area contributed by atoms with Gasteiger partial charge >= 0.3 is 12.1 Å². The molecule has 0 heterocycles. The summed E-state index contributed by atoms with van der Waals surface area (Å²) < 4.78 is 35.8. The van der Waals surface area contributed by atoms with Crippen LogP contribution < -0.4 is 5.32 Å². The summed E-state index contributed by atoms with van der Waals surface area (Å²) >= 11 is 0. The number of carboxylic acids is 1. The van der Waals surface area contributed by atoms with Gasteiger partial charge in [0, 0.05) is 12.1 Å². The lowest BCUT2D eigenvalue weighted by molar-refractivity contribution is -0.141. The number of carbonyl (C=O) groups is 2. The van der Waals surface area contributed by atoms with Crippen LogP contribution in [0.4, 0.5) is 13.2 Å². The zero-order chi connectivity index (χ0) is 15.3. The van der Waals surface area contributed by atoms with Gasteiger partial charge in [-0.3, -0.25) is 9.59 Å². The van der Waals surface area contributed by atoms with Crippen molar-refractivity contribution in [2.75, 3.05) is 19.6 Å². The van der Waals surface area contributed by atoms with Crippen molar-refractivity contribution in [3.05, 3.63) is 0 Å². The number of amides is 1. The lowest BCUT2D eigenvalue weighted by atomic mass is 10.1. The highest BCUT2D eigenvalue weighted by Crippen LogP contribution is 2.15. The Kier molecular flexibility index (Phi) is 6.28. The highest BCUT2D eigenvalue weighted by Gasteiger charge is 2.29. The fourth-order valence-electron chi connectivity index (χ4n) is 1.45. The van der Waals surface area contributed by atoms with Crippen LogP contribution in [0.25, 0.3) is 0 Å². The van der Waals surface area contributed by atoms with Crippen LogP contribution in [0, 0.1) is 0 Å². The Balaban J connectivity index is 4.44. The molecule has 19 heavy (non-hydrogen) atoms. The van der Waals surface area contributed by atoms with Crippen molar-refractivity contribution in [1.29, 1.82) is 0 Å². The lowest BCUT2D eigenvalue weighted by Gasteiger charge is -2.35. The molecular formula is C11H19F3N2O3. The van der Waals surface area contributed by atoms with Gasteiger partial charge in [0.1, 0.15) is 0 Å². The van der Waals surface area contributed by atoms with E-state index < -0.39 is 36.7 Å². The van der Waals surface area contributed by atoms with E-state index in [-0.39, 0.29) is 13.0 Å². The summed E-state index contributed by atoms with van der Waals surface area (Å²) in [6.07, 6.45) is -4.63. The predicted molar refractivity (Wildman–Crippen MR) is 62.6 cm³/mol. The summed E-state index contributed by atoms with van der Waals surface area (Å²) in [6, 6.07) is 0. The van der Waals surface area contributed by atoms with E-state index >= 15 is 0 Å². The number of nitrogens with zero attached hydrogens (tertiary/aromatic N) is 1. The molecule has 0 radical (unpaired) electrons. The largest absolute Gasteiger partial charge is 0.481 e. The zero-order valence-corrected chi connectivity index (χ0v) is 11.2. The Morgan fingerprint density at radius 3 is 2.11 bits per heavy atom. The Bertz CT molecular complexity index is 324. The van der Waals surface area contributed by atoms with Gasteiger partial charge in [0.05, 0.1) is 19.5 Å². The highest BCUT2D eigenvalue weighted by molar-refractivity contribution is 5.79. The van der Waals surface area contributed by atoms with Gasteiger partial charge in [0.2, 0.25) is 5.91 Å². The van der Waals surface area contributed by atoms with Crippen molar-refractivity contribution < 1.29 is 27.9 Å². The van der Waals surface area contributed by atoms with E-state index in [4.69, 9.17) is 5.11 Å². The Morgan fingerprint density at radius 2 is 1.74 bits per heavy atom. The van der Waals surface area contributed by atoms with Gasteiger partial charge in [-0.1, -0.05) is 0 Å². The summed E-state index contributed by atoms with van der Waals surface area (Å²) in [7, 11) is 0. The molecule has 112 valence electrons. The molecule has 0 bridgehead atoms. The molecular weight excluding hydrogens is 265 g/mol. The molecule has 5 nitrogen and oxygen atoms in total. The van der Waals surface area contributed by atoms with E-state index in [9.17, 15) is 22.8 Å². The molecule has 0 aromatic rings. The van der Waals surface area contributed by atoms with E-state index in [1.807, 2.05) is 5.32 Å². The first-order chi connectivity index (χ1) is 8.43. The maximum Gasteiger partial charge on any atom is 0.401 e. The van der Waals surface area contributed by atoms with E-state index in [0.717, 1.165) is 0 Å². The second kappa shape index (κ2) is 6.74. The quantitative estimate of drug-likeness (QED) is 0.770. The SMILES string of the molecule is CC(C)(C)N(CCC(=O)O)C(=O)CNCC(F)(F)F. The van der Waals surface area contributed by atoms with Crippen LogP contribution in [0.15, 0.2) is 0 Å². The van der Waals surface area contributed by atoms with Crippen LogP contribution in [0.1, 0.15) is 27.2 Å². The van der Waals surface area contributed by atoms with Crippen molar-refractivity contribution in [1.82, 2.24) is 10.2 Å². The average Bonchev–Trinajstić information content (AvgIpc) is 2.12. The van der Waals surface area contributed by atoms with Gasteiger partial charge < -0.3 is 15.3 Å². The third-order valence-corrected chi connectivity index (χ3v) is 2.26. The van der Waals surface area contributed by atoms with E-state index in [1.54, 1.807) is 20.8 Å². The topological polar surface area (TPSA) is 69.6 Å². The van der Waals surface area contributed by atoms with Gasteiger partial charge in [0.15, 0.2) is 0 Å². The van der Waals surface area contributed by atoms with Crippen LogP contribution >= 0.6 is 0 Å². The maximum absolute atomic E-state index is 11.9. The standard InChI is InChI=1S/C11H19F3N2O3/c1-10(2,3)16(5-4-9(18)19)8(17)6-15-7-11(12,13)14/h15H,4-7H2,1-3H3,(H,18,19). The van der Waals surface area contributed by atoms with E-state index in [1.165, 1.54) is 4.90 Å². The van der Waals surface area contributed by atoms with Crippen molar-refractivity contribution >= 4 is 11.9 Å². The Morgan fingerprint density at radius 1 is 1.21 bits per heavy atom. The number of aliphatic carboxylic acids is 1. The molecule has 0 aromatic heterocycles. The molecule has 2 N–H and O–H groups in total. The van der Waals surface area contributed by atoms with Crippen LogP contribution in [0.5, 0.6) is 0 Å². The predicted octanol–water partition coefficient (Wildman–Crippen LogP) is 1.24. The molecule has 8 heteroatoms. The van der Waals surface area contributed by atoms with Gasteiger partial charge in [0.25, 0.3) is 0 Å². The normalized spacial score (nSPS) is 12.3. The minimum atomic E-state index is -4.38. The molecule has 0 atom stereocenters. The first-order valence-corrected chi connectivity index (χ1v) is 5.73. The summed E-state index contributed by atoms with van der Waals surface area (Å²) in [4.78, 5) is 23.5. The number of nitrogens with one attached hydrogen (secondary N) is 1. The molecule has 0 rings (SSSR count). The smallest absolute Gasteiger partial charge is 0.401 e. The minimum Gasteiger partial charge on any atom is -0.481 e. The highest BCUT2D eigenvalue weighted by atomic mass is 19.4. The van der Waals surface area contributed by atoms with E-state index in [0.29, 0.717) is 0 Å². The number of hydrogen-bond acceptors (Lipinski definition) is 3. The van der Waals surface area contributed by atoms with Gasteiger partial charge in [-0.05, 0) is 20.8 Å². The monoisotopic (exact) mass is 284 g/mol. The molecule has 0 aliphatic rings. The van der Waals surface area contributed by atoms with Gasteiger partial charge in [-0.2, -0.15) is 13.2 Å². The summed E-state index contributed by atoms with van der Waals surface area (Å²) in [5, 5.41) is 10.6. The minimum absolute atomic E-state index is 0.0363. The van der Waals surface area contributed by atoms with Gasteiger partial charge in [-0.25, -0.2) is 0 Å². The number of halogens is 3. The van der Waals surface area contributed by atoms with Crippen LogP contribution in [-0.4, -0.2) is 53.2 Å². The molecule has 0 aliphatic heterocycles. The third-order valence-electron chi connectivity index (χ3n) is 2.26. The van der Waals surface area contributed by atoms with Crippen molar-refractivity contribution in [2.45, 2.75) is 38.9 Å². The van der Waals surface area contributed by atoms with Crippen molar-refractivity contribution in [2.24, 2.45) is 0 Å². The van der Waals surface area contributed by atoms with Crippen molar-refractivity contribution in [3.63, 3.8) is 0 Å². The molecule has 0 spiro atoms.